The van der Waals surface area contributed by atoms with Crippen molar-refractivity contribution in [3.05, 3.63) is 65.7 Å². The van der Waals surface area contributed by atoms with E-state index in [-0.39, 0.29) is 28.3 Å². The van der Waals surface area contributed by atoms with Gasteiger partial charge in [-0.15, -0.1) is 0 Å². The number of halogens is 2. The summed E-state index contributed by atoms with van der Waals surface area (Å²) in [5, 5.41) is 13.4. The zero-order chi connectivity index (χ0) is 21.3. The number of anilines is 1. The minimum Gasteiger partial charge on any atom is -0.489 e. The number of nitrogens with one attached hydrogen (secondary N) is 1. The molecule has 9 nitrogen and oxygen atoms in total. The molecule has 0 saturated carbocycles. The summed E-state index contributed by atoms with van der Waals surface area (Å²) in [7, 11) is 1.31. The van der Waals surface area contributed by atoms with E-state index >= 15 is 0 Å². The molecule has 0 aliphatic carbocycles. The molecule has 0 atom stereocenters. The van der Waals surface area contributed by atoms with Gasteiger partial charge in [0.2, 0.25) is 5.75 Å². The number of carbonyl (C=O) groups is 3. The molecule has 1 saturated heterocycles. The average Bonchev–Trinajstić information content (AvgIpc) is 2.66. The van der Waals surface area contributed by atoms with Gasteiger partial charge in [-0.25, -0.2) is 9.69 Å². The molecular weight excluding hydrogens is 561 g/mol. The monoisotopic (exact) mass is 571 g/mol. The zero-order valence-corrected chi connectivity index (χ0v) is 18.4. The maximum Gasteiger partial charge on any atom is 0.335 e. The van der Waals surface area contributed by atoms with Crippen LogP contribution in [-0.4, -0.2) is 29.9 Å². The number of amides is 4. The van der Waals surface area contributed by atoms with Crippen LogP contribution >= 0.6 is 38.5 Å². The Hall–Kier alpha value is -2.80. The van der Waals surface area contributed by atoms with Gasteiger partial charge in [-0.3, -0.25) is 25.0 Å². The van der Waals surface area contributed by atoms with Gasteiger partial charge in [-0.1, -0.05) is 15.9 Å². The van der Waals surface area contributed by atoms with E-state index in [1.807, 2.05) is 22.6 Å². The molecule has 2 aromatic rings. The molecule has 1 heterocycles. The molecule has 0 radical (unpaired) electrons. The number of nitro benzene ring substituents is 1. The lowest BCUT2D eigenvalue weighted by Gasteiger charge is -2.26. The van der Waals surface area contributed by atoms with E-state index in [4.69, 9.17) is 4.74 Å². The lowest BCUT2D eigenvalue weighted by atomic mass is 10.1. The molecule has 29 heavy (non-hydrogen) atoms. The van der Waals surface area contributed by atoms with E-state index in [9.17, 15) is 24.5 Å². The van der Waals surface area contributed by atoms with Crippen LogP contribution in [0.5, 0.6) is 5.75 Å². The first-order valence-electron chi connectivity index (χ1n) is 7.92. The Morgan fingerprint density at radius 3 is 2.45 bits per heavy atom. The molecule has 148 valence electrons. The number of hydrogen-bond donors (Lipinski definition) is 1. The van der Waals surface area contributed by atoms with E-state index in [2.05, 4.69) is 21.2 Å². The fraction of sp³-hybridized carbons (Fsp3) is 0.0556. The molecule has 1 fully saturated rings. The highest BCUT2D eigenvalue weighted by Gasteiger charge is 2.37. The molecule has 2 aromatic carbocycles. The average molecular weight is 572 g/mol. The topological polar surface area (TPSA) is 119 Å². The second-order valence-corrected chi connectivity index (χ2v) is 7.82. The minimum atomic E-state index is -0.887. The first kappa shape index (κ1) is 20.9. The molecule has 11 heteroatoms. The van der Waals surface area contributed by atoms with E-state index in [1.165, 1.54) is 37.5 Å². The third-order valence-corrected chi connectivity index (χ3v) is 5.27. The highest BCUT2D eigenvalue weighted by molar-refractivity contribution is 14.1. The molecule has 0 bridgehead atoms. The van der Waals surface area contributed by atoms with Crippen LogP contribution in [0.4, 0.5) is 16.2 Å². The number of urea groups is 1. The van der Waals surface area contributed by atoms with Gasteiger partial charge in [0, 0.05) is 10.5 Å². The van der Waals surface area contributed by atoms with Crippen molar-refractivity contribution in [2.75, 3.05) is 12.0 Å². The summed E-state index contributed by atoms with van der Waals surface area (Å²) in [5.41, 5.74) is -0.131. The number of rotatable bonds is 4. The third-order valence-electron chi connectivity index (χ3n) is 3.94. The number of barbiturate groups is 1. The van der Waals surface area contributed by atoms with Crippen LogP contribution in [0.1, 0.15) is 5.56 Å². The summed E-state index contributed by atoms with van der Waals surface area (Å²) in [4.78, 5) is 48.8. The van der Waals surface area contributed by atoms with Crippen molar-refractivity contribution in [1.29, 1.82) is 0 Å². The van der Waals surface area contributed by atoms with Crippen molar-refractivity contribution >= 4 is 73.8 Å². The number of ether oxygens (including phenoxy) is 1. The Bertz CT molecular complexity index is 1080. The molecule has 0 aromatic heterocycles. The number of methoxy groups -OCH3 is 1. The number of imide groups is 2. The quantitative estimate of drug-likeness (QED) is 0.197. The van der Waals surface area contributed by atoms with Gasteiger partial charge in [0.1, 0.15) is 5.57 Å². The van der Waals surface area contributed by atoms with Gasteiger partial charge in [-0.05, 0) is 64.6 Å². The second kappa shape index (κ2) is 8.29. The molecular formula is C18H11BrIN3O6. The number of hydrogen-bond acceptors (Lipinski definition) is 6. The normalized spacial score (nSPS) is 15.5. The summed E-state index contributed by atoms with van der Waals surface area (Å²) in [5.74, 6) is -1.65. The Kier molecular flexibility index (Phi) is 5.98. The van der Waals surface area contributed by atoms with Crippen LogP contribution < -0.4 is 15.0 Å². The zero-order valence-electron chi connectivity index (χ0n) is 14.6. The van der Waals surface area contributed by atoms with E-state index in [0.29, 0.717) is 3.57 Å². The van der Waals surface area contributed by atoms with Crippen LogP contribution in [-0.2, 0) is 9.59 Å². The molecule has 0 unspecified atom stereocenters. The Labute approximate surface area is 186 Å². The SMILES string of the molecule is COc1c(I)cc(/C=C2\C(=O)NC(=O)N(c3ccc(Br)cc3)C2=O)cc1[N+](=O)[O-]. The number of carbonyl (C=O) groups excluding carboxylic acids is 3. The molecule has 0 spiro atoms. The summed E-state index contributed by atoms with van der Waals surface area (Å²) < 4.78 is 6.23. The lowest BCUT2D eigenvalue weighted by Crippen LogP contribution is -2.54. The van der Waals surface area contributed by atoms with Crippen LogP contribution in [0.25, 0.3) is 6.08 Å². The van der Waals surface area contributed by atoms with Crippen molar-refractivity contribution in [2.45, 2.75) is 0 Å². The van der Waals surface area contributed by atoms with Crippen LogP contribution in [0, 0.1) is 13.7 Å². The molecule has 3 rings (SSSR count). The molecule has 4 amide bonds. The van der Waals surface area contributed by atoms with Crippen molar-refractivity contribution in [3.63, 3.8) is 0 Å². The molecule has 1 N–H and O–H groups in total. The van der Waals surface area contributed by atoms with Gasteiger partial charge >= 0.3 is 11.7 Å². The Morgan fingerprint density at radius 2 is 1.86 bits per heavy atom. The van der Waals surface area contributed by atoms with Crippen molar-refractivity contribution in [2.24, 2.45) is 0 Å². The van der Waals surface area contributed by atoms with Gasteiger partial charge in [-0.2, -0.15) is 0 Å². The highest BCUT2D eigenvalue weighted by Crippen LogP contribution is 2.34. The maximum absolute atomic E-state index is 12.9. The second-order valence-electron chi connectivity index (χ2n) is 5.75. The molecule has 1 aliphatic rings. The predicted octanol–water partition coefficient (Wildman–Crippen LogP) is 3.64. The summed E-state index contributed by atoms with van der Waals surface area (Å²) in [6.07, 6.45) is 1.20. The maximum atomic E-state index is 12.9. The lowest BCUT2D eigenvalue weighted by molar-refractivity contribution is -0.385. The fourth-order valence-corrected chi connectivity index (χ4v) is 3.79. The van der Waals surface area contributed by atoms with E-state index in [0.717, 1.165) is 9.37 Å². The highest BCUT2D eigenvalue weighted by atomic mass is 127. The summed E-state index contributed by atoms with van der Waals surface area (Å²) in [6, 6.07) is 8.20. The minimum absolute atomic E-state index is 0.0730. The predicted molar refractivity (Wildman–Crippen MR) is 116 cm³/mol. The van der Waals surface area contributed by atoms with Crippen molar-refractivity contribution in [1.82, 2.24) is 5.32 Å². The standard InChI is InChI=1S/C18H11BrIN3O6/c1-29-15-13(20)7-9(8-14(15)23(27)28)6-12-16(24)21-18(26)22(17(12)25)11-4-2-10(19)3-5-11/h2-8H,1H3,(H,21,24,26)/b12-6+. The van der Waals surface area contributed by atoms with Gasteiger partial charge < -0.3 is 4.74 Å². The van der Waals surface area contributed by atoms with Crippen molar-refractivity contribution < 1.29 is 24.0 Å². The first-order chi connectivity index (χ1) is 13.7. The van der Waals surface area contributed by atoms with E-state index < -0.39 is 22.8 Å². The van der Waals surface area contributed by atoms with Crippen LogP contribution in [0.15, 0.2) is 46.4 Å². The summed E-state index contributed by atoms with van der Waals surface area (Å²) in [6.45, 7) is 0. The largest absolute Gasteiger partial charge is 0.489 e. The van der Waals surface area contributed by atoms with Gasteiger partial charge in [0.05, 0.1) is 21.3 Å². The Balaban J connectivity index is 2.07. The van der Waals surface area contributed by atoms with Gasteiger partial charge in [0.25, 0.3) is 11.8 Å². The first-order valence-corrected chi connectivity index (χ1v) is 9.79. The molecule has 1 aliphatic heterocycles. The smallest absolute Gasteiger partial charge is 0.335 e. The van der Waals surface area contributed by atoms with E-state index in [1.54, 1.807) is 12.1 Å². The van der Waals surface area contributed by atoms with Crippen LogP contribution in [0.2, 0.25) is 0 Å². The Morgan fingerprint density at radius 1 is 1.21 bits per heavy atom. The number of benzene rings is 2. The number of nitrogens with zero attached hydrogens (tertiary/aromatic N) is 2. The number of nitro groups is 1. The fourth-order valence-electron chi connectivity index (χ4n) is 2.67. The third kappa shape index (κ3) is 4.15. The van der Waals surface area contributed by atoms with Crippen molar-refractivity contribution in [3.8, 4) is 5.75 Å². The summed E-state index contributed by atoms with van der Waals surface area (Å²) >= 11 is 5.12. The van der Waals surface area contributed by atoms with Gasteiger partial charge in [0.15, 0.2) is 0 Å². The van der Waals surface area contributed by atoms with Crippen LogP contribution in [0.3, 0.4) is 0 Å².